The van der Waals surface area contributed by atoms with Crippen molar-refractivity contribution in [1.82, 2.24) is 9.88 Å². The van der Waals surface area contributed by atoms with Crippen LogP contribution in [0, 0.1) is 6.92 Å². The second-order valence-electron chi connectivity index (χ2n) is 6.16. The highest BCUT2D eigenvalue weighted by Crippen LogP contribution is 2.23. The average molecular weight is 375 g/mol. The van der Waals surface area contributed by atoms with Gasteiger partial charge in [0.2, 0.25) is 0 Å². The summed E-state index contributed by atoms with van der Waals surface area (Å²) in [5.41, 5.74) is 0.717. The van der Waals surface area contributed by atoms with Crippen LogP contribution in [-0.4, -0.2) is 36.1 Å². The predicted molar refractivity (Wildman–Crippen MR) is 100 cm³/mol. The van der Waals surface area contributed by atoms with E-state index in [9.17, 15) is 14.4 Å². The molecule has 3 heterocycles. The molecular weight excluding hydrogens is 354 g/mol. The van der Waals surface area contributed by atoms with Crippen LogP contribution in [-0.2, 0) is 11.3 Å². The number of anilines is 1. The Morgan fingerprint density at radius 1 is 1.35 bits per heavy atom. The molecule has 138 valence electrons. The molecule has 7 nitrogen and oxygen atoms in total. The summed E-state index contributed by atoms with van der Waals surface area (Å²) in [6.45, 7) is 2.86. The lowest BCUT2D eigenvalue weighted by molar-refractivity contribution is 0.0952. The van der Waals surface area contributed by atoms with Gasteiger partial charge in [-0.2, -0.15) is 0 Å². The number of nitrogens with zero attached hydrogens (tertiary/aromatic N) is 1. The van der Waals surface area contributed by atoms with Gasteiger partial charge in [-0.05, 0) is 42.8 Å². The third-order valence-electron chi connectivity index (χ3n) is 4.37. The Morgan fingerprint density at radius 2 is 2.15 bits per heavy atom. The molecule has 2 aromatic heterocycles. The zero-order chi connectivity index (χ0) is 18.7. The van der Waals surface area contributed by atoms with Gasteiger partial charge in [-0.15, -0.1) is 11.3 Å². The summed E-state index contributed by atoms with van der Waals surface area (Å²) in [6, 6.07) is 3.40. The van der Waals surface area contributed by atoms with Crippen LogP contribution in [0.2, 0.25) is 0 Å². The minimum Gasteiger partial charge on any atom is -0.376 e. The molecule has 8 heteroatoms. The maximum absolute atomic E-state index is 12.8. The first-order valence-electron chi connectivity index (χ1n) is 8.44. The molecule has 1 atom stereocenters. The van der Waals surface area contributed by atoms with Gasteiger partial charge in [0.25, 0.3) is 17.4 Å². The summed E-state index contributed by atoms with van der Waals surface area (Å²) in [7, 11) is 1.53. The molecule has 1 aliphatic heterocycles. The molecule has 0 bridgehead atoms. The number of rotatable bonds is 5. The highest BCUT2D eigenvalue weighted by molar-refractivity contribution is 7.12. The number of hydrogen-bond acceptors (Lipinski definition) is 5. The molecule has 1 saturated heterocycles. The maximum Gasteiger partial charge on any atom is 0.263 e. The van der Waals surface area contributed by atoms with Gasteiger partial charge in [0.15, 0.2) is 0 Å². The Hall–Kier alpha value is -2.45. The quantitative estimate of drug-likeness (QED) is 0.837. The smallest absolute Gasteiger partial charge is 0.263 e. The van der Waals surface area contributed by atoms with E-state index in [4.69, 9.17) is 4.74 Å². The fourth-order valence-electron chi connectivity index (χ4n) is 2.97. The third kappa shape index (κ3) is 3.71. The molecule has 0 spiro atoms. The molecule has 26 heavy (non-hydrogen) atoms. The number of nitrogens with one attached hydrogen (secondary N) is 2. The standard InChI is InChI=1S/C18H21N3O4S/c1-11-5-7-21(10-12-4-3-8-25-12)18(24)14(11)16(22)20-13-6-9-26-15(13)17(23)19-2/h5-7,9,12H,3-4,8,10H2,1-2H3,(H,19,23)(H,20,22). The van der Waals surface area contributed by atoms with Crippen LogP contribution >= 0.6 is 11.3 Å². The Kier molecular flexibility index (Phi) is 5.53. The number of pyridine rings is 1. The first-order chi connectivity index (χ1) is 12.5. The molecule has 1 fully saturated rings. The van der Waals surface area contributed by atoms with Gasteiger partial charge in [0.05, 0.1) is 18.3 Å². The van der Waals surface area contributed by atoms with E-state index in [1.54, 1.807) is 30.6 Å². The number of carbonyl (C=O) groups excluding carboxylic acids is 2. The SMILES string of the molecule is CNC(=O)c1sccc1NC(=O)c1c(C)ccn(CC2CCCO2)c1=O. The Balaban J connectivity index is 1.86. The molecule has 0 aliphatic carbocycles. The van der Waals surface area contributed by atoms with Crippen LogP contribution in [0.5, 0.6) is 0 Å². The second kappa shape index (κ2) is 7.84. The minimum atomic E-state index is -0.516. The Labute approximate surface area is 155 Å². The topological polar surface area (TPSA) is 89.4 Å². The lowest BCUT2D eigenvalue weighted by atomic mass is 10.1. The highest BCUT2D eigenvalue weighted by Gasteiger charge is 2.22. The summed E-state index contributed by atoms with van der Waals surface area (Å²) in [6.07, 6.45) is 3.59. The zero-order valence-corrected chi connectivity index (χ0v) is 15.5. The van der Waals surface area contributed by atoms with Crippen molar-refractivity contribution in [3.8, 4) is 0 Å². The largest absolute Gasteiger partial charge is 0.376 e. The monoisotopic (exact) mass is 375 g/mol. The fraction of sp³-hybridized carbons (Fsp3) is 0.389. The van der Waals surface area contributed by atoms with Gasteiger partial charge in [0, 0.05) is 19.9 Å². The van der Waals surface area contributed by atoms with Crippen molar-refractivity contribution < 1.29 is 14.3 Å². The van der Waals surface area contributed by atoms with E-state index in [-0.39, 0.29) is 23.1 Å². The first kappa shape index (κ1) is 18.3. The Bertz CT molecular complexity index is 881. The maximum atomic E-state index is 12.8. The van der Waals surface area contributed by atoms with E-state index in [1.165, 1.54) is 23.0 Å². The van der Waals surface area contributed by atoms with Crippen LogP contribution in [0.3, 0.4) is 0 Å². The molecule has 2 aromatic rings. The van der Waals surface area contributed by atoms with Gasteiger partial charge in [-0.25, -0.2) is 0 Å². The minimum absolute atomic E-state index is 0.00282. The summed E-state index contributed by atoms with van der Waals surface area (Å²) >= 11 is 1.23. The zero-order valence-electron chi connectivity index (χ0n) is 14.7. The number of thiophene rings is 1. The van der Waals surface area contributed by atoms with Crippen molar-refractivity contribution in [1.29, 1.82) is 0 Å². The van der Waals surface area contributed by atoms with Crippen molar-refractivity contribution in [3.63, 3.8) is 0 Å². The van der Waals surface area contributed by atoms with Crippen molar-refractivity contribution in [3.05, 3.63) is 50.1 Å². The summed E-state index contributed by atoms with van der Waals surface area (Å²) in [4.78, 5) is 37.8. The summed E-state index contributed by atoms with van der Waals surface area (Å²) < 4.78 is 7.10. The molecule has 1 unspecified atom stereocenters. The van der Waals surface area contributed by atoms with Crippen molar-refractivity contribution in [2.45, 2.75) is 32.4 Å². The normalized spacial score (nSPS) is 16.5. The van der Waals surface area contributed by atoms with Crippen molar-refractivity contribution in [2.24, 2.45) is 0 Å². The molecule has 2 N–H and O–H groups in total. The van der Waals surface area contributed by atoms with Crippen LogP contribution in [0.1, 0.15) is 38.4 Å². The van der Waals surface area contributed by atoms with Gasteiger partial charge in [-0.1, -0.05) is 0 Å². The van der Waals surface area contributed by atoms with Gasteiger partial charge in [0.1, 0.15) is 10.4 Å². The van der Waals surface area contributed by atoms with E-state index in [2.05, 4.69) is 10.6 Å². The van der Waals surface area contributed by atoms with Crippen LogP contribution in [0.4, 0.5) is 5.69 Å². The lowest BCUT2D eigenvalue weighted by Gasteiger charge is -2.14. The van der Waals surface area contributed by atoms with Crippen molar-refractivity contribution in [2.75, 3.05) is 19.0 Å². The number of hydrogen-bond donors (Lipinski definition) is 2. The fourth-order valence-corrected chi connectivity index (χ4v) is 3.77. The molecule has 2 amide bonds. The first-order valence-corrected chi connectivity index (χ1v) is 9.31. The van der Waals surface area contributed by atoms with Crippen molar-refractivity contribution >= 4 is 28.8 Å². The molecule has 1 aliphatic rings. The van der Waals surface area contributed by atoms with E-state index in [0.29, 0.717) is 29.3 Å². The number of aromatic nitrogens is 1. The Morgan fingerprint density at radius 3 is 2.85 bits per heavy atom. The van der Waals surface area contributed by atoms with E-state index >= 15 is 0 Å². The highest BCUT2D eigenvalue weighted by atomic mass is 32.1. The number of ether oxygens (including phenoxy) is 1. The van der Waals surface area contributed by atoms with Gasteiger partial charge in [-0.3, -0.25) is 14.4 Å². The van der Waals surface area contributed by atoms with Crippen LogP contribution < -0.4 is 16.2 Å². The third-order valence-corrected chi connectivity index (χ3v) is 5.28. The van der Waals surface area contributed by atoms with Crippen LogP contribution in [0.25, 0.3) is 0 Å². The second-order valence-corrected chi connectivity index (χ2v) is 7.08. The molecular formula is C18H21N3O4S. The molecule has 0 radical (unpaired) electrons. The van der Waals surface area contributed by atoms with Gasteiger partial charge < -0.3 is 19.9 Å². The molecule has 0 aromatic carbocycles. The molecule has 3 rings (SSSR count). The number of carbonyl (C=O) groups is 2. The van der Waals surface area contributed by atoms with E-state index in [1.807, 2.05) is 0 Å². The average Bonchev–Trinajstić information content (AvgIpc) is 3.28. The van der Waals surface area contributed by atoms with E-state index < -0.39 is 5.91 Å². The lowest BCUT2D eigenvalue weighted by Crippen LogP contribution is -2.33. The summed E-state index contributed by atoms with van der Waals surface area (Å²) in [5, 5.41) is 6.94. The number of aryl methyl sites for hydroxylation is 1. The number of amides is 2. The summed E-state index contributed by atoms with van der Waals surface area (Å²) in [5.74, 6) is -0.798. The van der Waals surface area contributed by atoms with Crippen LogP contribution in [0.15, 0.2) is 28.5 Å². The van der Waals surface area contributed by atoms with Gasteiger partial charge >= 0.3 is 0 Å². The predicted octanol–water partition coefficient (Wildman–Crippen LogP) is 2.01. The molecule has 0 saturated carbocycles. The van der Waals surface area contributed by atoms with E-state index in [0.717, 1.165) is 12.8 Å².